The molecule has 15 heavy (non-hydrogen) atoms. The molecule has 0 fully saturated rings. The first-order valence-corrected chi connectivity index (χ1v) is 7.53. The van der Waals surface area contributed by atoms with E-state index < -0.39 is 6.80 Å². The monoisotopic (exact) mass is 266 g/mol. The summed E-state index contributed by atoms with van der Waals surface area (Å²) in [6, 6.07) is 5.41. The van der Waals surface area contributed by atoms with Crippen LogP contribution in [-0.2, 0) is 13.6 Å². The lowest BCUT2D eigenvalue weighted by molar-refractivity contribution is 0.295. The van der Waals surface area contributed by atoms with E-state index in [1.54, 1.807) is 12.1 Å². The molecule has 0 saturated carbocycles. The average Bonchev–Trinajstić information content (AvgIpc) is 2.25. The highest BCUT2D eigenvalue weighted by Crippen LogP contribution is 2.63. The fourth-order valence-corrected chi connectivity index (χ4v) is 3.88. The molecular formula is C9H12ClO3PS. The van der Waals surface area contributed by atoms with E-state index in [4.69, 9.17) is 20.6 Å². The van der Waals surface area contributed by atoms with E-state index in [0.717, 1.165) is 21.8 Å². The van der Waals surface area contributed by atoms with Gasteiger partial charge in [0, 0.05) is 24.1 Å². The largest absolute Gasteiger partial charge is 0.393 e. The number of benzene rings is 1. The zero-order chi connectivity index (χ0) is 11.5. The van der Waals surface area contributed by atoms with Crippen molar-refractivity contribution in [3.63, 3.8) is 0 Å². The van der Waals surface area contributed by atoms with Crippen LogP contribution in [0.1, 0.15) is 5.56 Å². The van der Waals surface area contributed by atoms with Gasteiger partial charge >= 0.3 is 6.80 Å². The first kappa shape index (κ1) is 13.1. The van der Waals surface area contributed by atoms with Gasteiger partial charge in [0.05, 0.1) is 0 Å². The molecule has 6 heteroatoms. The molecule has 0 atom stereocenters. The van der Waals surface area contributed by atoms with Crippen molar-refractivity contribution in [2.75, 3.05) is 14.2 Å². The van der Waals surface area contributed by atoms with E-state index in [-0.39, 0.29) is 0 Å². The third kappa shape index (κ3) is 3.23. The summed E-state index contributed by atoms with van der Waals surface area (Å²) in [6.45, 7) is -1.23. The molecule has 0 radical (unpaired) electrons. The number of halogens is 1. The first-order valence-electron chi connectivity index (χ1n) is 4.18. The Bertz CT molecular complexity index is 389. The van der Waals surface area contributed by atoms with Crippen molar-refractivity contribution in [2.45, 2.75) is 11.8 Å². The summed E-state index contributed by atoms with van der Waals surface area (Å²) in [5.41, 5.74) is 0.874. The Morgan fingerprint density at radius 1 is 1.33 bits per heavy atom. The van der Waals surface area contributed by atoms with Crippen molar-refractivity contribution in [2.24, 2.45) is 0 Å². The smallest absolute Gasteiger partial charge is 0.304 e. The van der Waals surface area contributed by atoms with Crippen LogP contribution in [0.4, 0.5) is 0 Å². The minimum Gasteiger partial charge on any atom is -0.304 e. The Kier molecular flexibility index (Phi) is 4.68. The molecule has 0 spiro atoms. The Morgan fingerprint density at radius 2 is 1.93 bits per heavy atom. The third-order valence-corrected chi connectivity index (χ3v) is 6.20. The van der Waals surface area contributed by atoms with Gasteiger partial charge in [-0.05, 0) is 36.0 Å². The molecule has 0 aromatic heterocycles. The van der Waals surface area contributed by atoms with Crippen molar-refractivity contribution < 1.29 is 13.6 Å². The van der Waals surface area contributed by atoms with E-state index in [0.29, 0.717) is 5.02 Å². The van der Waals surface area contributed by atoms with E-state index in [1.807, 2.05) is 13.0 Å². The predicted octanol–water partition coefficient (Wildman–Crippen LogP) is 4.14. The summed E-state index contributed by atoms with van der Waals surface area (Å²) in [5.74, 6) is 0. The second kappa shape index (κ2) is 5.37. The van der Waals surface area contributed by atoms with Crippen molar-refractivity contribution >= 4 is 29.8 Å². The van der Waals surface area contributed by atoms with Gasteiger partial charge in [0.15, 0.2) is 0 Å². The van der Waals surface area contributed by atoms with Gasteiger partial charge in [-0.2, -0.15) is 0 Å². The van der Waals surface area contributed by atoms with Crippen molar-refractivity contribution in [1.29, 1.82) is 0 Å². The number of rotatable bonds is 4. The van der Waals surface area contributed by atoms with Gasteiger partial charge in [-0.1, -0.05) is 17.7 Å². The van der Waals surface area contributed by atoms with Crippen molar-refractivity contribution in [3.05, 3.63) is 28.8 Å². The van der Waals surface area contributed by atoms with E-state index in [9.17, 15) is 4.57 Å². The van der Waals surface area contributed by atoms with Gasteiger partial charge in [-0.25, -0.2) is 4.57 Å². The molecule has 0 N–H and O–H groups in total. The van der Waals surface area contributed by atoms with Crippen LogP contribution >= 0.6 is 29.8 Å². The molecule has 0 aliphatic carbocycles. The number of hydrogen-bond acceptors (Lipinski definition) is 4. The molecule has 84 valence electrons. The molecule has 1 aromatic carbocycles. The maximum Gasteiger partial charge on any atom is 0.393 e. The lowest BCUT2D eigenvalue weighted by atomic mass is 10.2. The number of hydrogen-bond donors (Lipinski definition) is 0. The summed E-state index contributed by atoms with van der Waals surface area (Å²) in [6.07, 6.45) is 0. The lowest BCUT2D eigenvalue weighted by Crippen LogP contribution is -1.86. The van der Waals surface area contributed by atoms with Gasteiger partial charge < -0.3 is 9.05 Å². The van der Waals surface area contributed by atoms with Gasteiger partial charge in [0.1, 0.15) is 0 Å². The lowest BCUT2D eigenvalue weighted by Gasteiger charge is -2.14. The third-order valence-electron chi connectivity index (χ3n) is 1.88. The fraction of sp³-hybridized carbons (Fsp3) is 0.333. The molecule has 0 saturated heterocycles. The Morgan fingerprint density at radius 3 is 2.47 bits per heavy atom. The van der Waals surface area contributed by atoms with E-state index in [1.165, 1.54) is 14.2 Å². The van der Waals surface area contributed by atoms with Gasteiger partial charge in [0.25, 0.3) is 0 Å². The Balaban J connectivity index is 2.99. The van der Waals surface area contributed by atoms with Gasteiger partial charge in [-0.15, -0.1) is 0 Å². The van der Waals surface area contributed by atoms with Crippen LogP contribution in [0, 0.1) is 6.92 Å². The zero-order valence-corrected chi connectivity index (χ0v) is 11.2. The molecule has 0 bridgehead atoms. The summed E-state index contributed by atoms with van der Waals surface area (Å²) >= 11 is 7.00. The zero-order valence-electron chi connectivity index (χ0n) is 8.69. The molecule has 0 heterocycles. The van der Waals surface area contributed by atoms with Crippen LogP contribution in [0.3, 0.4) is 0 Å². The summed E-state index contributed by atoms with van der Waals surface area (Å²) in [7, 11) is 2.72. The van der Waals surface area contributed by atoms with Gasteiger partial charge in [0.2, 0.25) is 0 Å². The van der Waals surface area contributed by atoms with Crippen LogP contribution < -0.4 is 0 Å². The fourth-order valence-electron chi connectivity index (χ4n) is 0.956. The maximum absolute atomic E-state index is 11.9. The average molecular weight is 267 g/mol. The quantitative estimate of drug-likeness (QED) is 0.767. The van der Waals surface area contributed by atoms with Crippen molar-refractivity contribution in [1.82, 2.24) is 0 Å². The molecule has 0 aliphatic heterocycles. The minimum atomic E-state index is -3.09. The second-order valence-corrected chi connectivity index (χ2v) is 7.31. The first-order chi connectivity index (χ1) is 7.02. The van der Waals surface area contributed by atoms with Crippen molar-refractivity contribution in [3.8, 4) is 0 Å². The normalized spacial score (nSPS) is 11.7. The topological polar surface area (TPSA) is 35.5 Å². The predicted molar refractivity (Wildman–Crippen MR) is 63.7 cm³/mol. The molecule has 0 amide bonds. The summed E-state index contributed by atoms with van der Waals surface area (Å²) < 4.78 is 21.5. The highest BCUT2D eigenvalue weighted by atomic mass is 35.5. The van der Waals surface area contributed by atoms with Crippen LogP contribution in [-0.4, -0.2) is 14.2 Å². The highest BCUT2D eigenvalue weighted by Gasteiger charge is 2.24. The van der Waals surface area contributed by atoms with Crippen LogP contribution in [0.2, 0.25) is 5.02 Å². The maximum atomic E-state index is 11.9. The Labute approximate surface area is 98.4 Å². The summed E-state index contributed by atoms with van der Waals surface area (Å²) in [5, 5.41) is 0.638. The molecule has 1 rings (SSSR count). The Hall–Kier alpha value is 0.01000. The molecule has 1 aromatic rings. The second-order valence-electron chi connectivity index (χ2n) is 2.77. The minimum absolute atomic E-state index is 0.638. The molecule has 0 aliphatic rings. The van der Waals surface area contributed by atoms with Gasteiger partial charge in [-0.3, -0.25) is 0 Å². The standard InChI is InChI=1S/C9H12ClO3PS/c1-7-8(10)5-4-6-9(7)15-14(11,12-2)13-3/h4-6H,1-3H3. The molecular weight excluding hydrogens is 255 g/mol. The van der Waals surface area contributed by atoms with Crippen LogP contribution in [0.15, 0.2) is 23.1 Å². The SMILES string of the molecule is COP(=O)(OC)Sc1cccc(Cl)c1C. The van der Waals surface area contributed by atoms with E-state index >= 15 is 0 Å². The summed E-state index contributed by atoms with van der Waals surface area (Å²) in [4.78, 5) is 0.800. The molecule has 3 nitrogen and oxygen atoms in total. The highest BCUT2D eigenvalue weighted by molar-refractivity contribution is 8.55. The van der Waals surface area contributed by atoms with E-state index in [2.05, 4.69) is 0 Å². The van der Waals surface area contributed by atoms with Crippen LogP contribution in [0.5, 0.6) is 0 Å². The van der Waals surface area contributed by atoms with Crippen LogP contribution in [0.25, 0.3) is 0 Å². The molecule has 0 unspecified atom stereocenters.